The summed E-state index contributed by atoms with van der Waals surface area (Å²) >= 11 is 0. The number of carbonyl (C=O) groups is 1. The highest BCUT2D eigenvalue weighted by atomic mass is 16.5. The smallest absolute Gasteiger partial charge is 0.324 e. The lowest BCUT2D eigenvalue weighted by atomic mass is 10.3. The molecular formula is C11H15NO3. The first-order valence-electron chi connectivity index (χ1n) is 4.88. The summed E-state index contributed by atoms with van der Waals surface area (Å²) in [5, 5.41) is 11.7. The van der Waals surface area contributed by atoms with E-state index in [4.69, 9.17) is 9.84 Å². The predicted octanol–water partition coefficient (Wildman–Crippen LogP) is 1.13. The lowest BCUT2D eigenvalue weighted by Gasteiger charge is -2.13. The summed E-state index contributed by atoms with van der Waals surface area (Å²) in [5.41, 5.74) is 0. The summed E-state index contributed by atoms with van der Waals surface area (Å²) in [7, 11) is 0. The maximum Gasteiger partial charge on any atom is 0.324 e. The first-order valence-corrected chi connectivity index (χ1v) is 4.88. The number of para-hydroxylation sites is 1. The van der Waals surface area contributed by atoms with E-state index in [0.717, 1.165) is 0 Å². The van der Waals surface area contributed by atoms with Crippen LogP contribution in [0.5, 0.6) is 5.75 Å². The third-order valence-electron chi connectivity index (χ3n) is 1.91. The van der Waals surface area contributed by atoms with E-state index in [-0.39, 0.29) is 6.61 Å². The van der Waals surface area contributed by atoms with E-state index >= 15 is 0 Å². The zero-order chi connectivity index (χ0) is 11.1. The summed E-state index contributed by atoms with van der Waals surface area (Å²) in [6.45, 7) is 2.60. The molecule has 0 bridgehead atoms. The second kappa shape index (κ2) is 6.03. The molecule has 1 rings (SSSR count). The number of rotatable bonds is 6. The van der Waals surface area contributed by atoms with Crippen LogP contribution in [-0.2, 0) is 4.79 Å². The van der Waals surface area contributed by atoms with Gasteiger partial charge in [0, 0.05) is 0 Å². The fourth-order valence-electron chi connectivity index (χ4n) is 1.16. The largest absolute Gasteiger partial charge is 0.491 e. The molecule has 0 aliphatic rings. The molecule has 0 amide bonds. The van der Waals surface area contributed by atoms with Gasteiger partial charge in [0.15, 0.2) is 0 Å². The number of aliphatic carboxylic acids is 1. The fraction of sp³-hybridized carbons (Fsp3) is 0.364. The molecule has 15 heavy (non-hydrogen) atoms. The van der Waals surface area contributed by atoms with Gasteiger partial charge in [0.2, 0.25) is 0 Å². The SMILES string of the molecule is CCNC(COc1ccccc1)C(=O)O. The van der Waals surface area contributed by atoms with Gasteiger partial charge in [0.05, 0.1) is 0 Å². The lowest BCUT2D eigenvalue weighted by Crippen LogP contribution is -2.41. The molecule has 0 aliphatic heterocycles. The number of benzene rings is 1. The normalized spacial score (nSPS) is 12.1. The van der Waals surface area contributed by atoms with Crippen molar-refractivity contribution in [2.75, 3.05) is 13.2 Å². The van der Waals surface area contributed by atoms with Crippen molar-refractivity contribution < 1.29 is 14.6 Å². The summed E-state index contributed by atoms with van der Waals surface area (Å²) in [4.78, 5) is 10.8. The van der Waals surface area contributed by atoms with Crippen molar-refractivity contribution in [3.05, 3.63) is 30.3 Å². The van der Waals surface area contributed by atoms with Gasteiger partial charge in [0.1, 0.15) is 18.4 Å². The number of hydrogen-bond acceptors (Lipinski definition) is 3. The van der Waals surface area contributed by atoms with E-state index in [0.29, 0.717) is 12.3 Å². The Morgan fingerprint density at radius 3 is 2.67 bits per heavy atom. The molecule has 1 unspecified atom stereocenters. The summed E-state index contributed by atoms with van der Waals surface area (Å²) in [5.74, 6) is -0.213. The number of likely N-dealkylation sites (N-methyl/N-ethyl adjacent to an activating group) is 1. The zero-order valence-electron chi connectivity index (χ0n) is 8.64. The van der Waals surface area contributed by atoms with Crippen LogP contribution in [0.15, 0.2) is 30.3 Å². The Morgan fingerprint density at radius 1 is 1.47 bits per heavy atom. The molecule has 4 heteroatoms. The third-order valence-corrected chi connectivity index (χ3v) is 1.91. The number of carboxylic acids is 1. The Labute approximate surface area is 88.9 Å². The maximum atomic E-state index is 10.8. The molecule has 0 heterocycles. The molecule has 0 fully saturated rings. The van der Waals surface area contributed by atoms with Crippen LogP contribution < -0.4 is 10.1 Å². The van der Waals surface area contributed by atoms with Crippen LogP contribution in [0.3, 0.4) is 0 Å². The number of hydrogen-bond donors (Lipinski definition) is 2. The predicted molar refractivity (Wildman–Crippen MR) is 57.0 cm³/mol. The molecule has 0 saturated heterocycles. The highest BCUT2D eigenvalue weighted by molar-refractivity contribution is 5.73. The Balaban J connectivity index is 2.43. The summed E-state index contributed by atoms with van der Waals surface area (Å²) < 4.78 is 5.34. The molecule has 0 spiro atoms. The second-order valence-electron chi connectivity index (χ2n) is 3.07. The average Bonchev–Trinajstić information content (AvgIpc) is 2.25. The van der Waals surface area contributed by atoms with Crippen molar-refractivity contribution in [2.24, 2.45) is 0 Å². The molecule has 0 aromatic heterocycles. The first-order chi connectivity index (χ1) is 7.24. The molecule has 1 aromatic carbocycles. The molecule has 0 radical (unpaired) electrons. The zero-order valence-corrected chi connectivity index (χ0v) is 8.64. The van der Waals surface area contributed by atoms with Crippen LogP contribution in [0.1, 0.15) is 6.92 Å². The summed E-state index contributed by atoms with van der Waals surface area (Å²) in [6, 6.07) is 8.51. The van der Waals surface area contributed by atoms with Gasteiger partial charge in [-0.1, -0.05) is 25.1 Å². The minimum Gasteiger partial charge on any atom is -0.491 e. The van der Waals surface area contributed by atoms with Crippen molar-refractivity contribution in [3.63, 3.8) is 0 Å². The molecule has 82 valence electrons. The monoisotopic (exact) mass is 209 g/mol. The van der Waals surface area contributed by atoms with Gasteiger partial charge in [0.25, 0.3) is 0 Å². The van der Waals surface area contributed by atoms with E-state index in [1.807, 2.05) is 25.1 Å². The Bertz CT molecular complexity index is 300. The van der Waals surface area contributed by atoms with Gasteiger partial charge in [-0.2, -0.15) is 0 Å². The van der Waals surface area contributed by atoms with Crippen molar-refractivity contribution in [2.45, 2.75) is 13.0 Å². The minimum absolute atomic E-state index is 0.132. The van der Waals surface area contributed by atoms with E-state index < -0.39 is 12.0 Å². The van der Waals surface area contributed by atoms with Gasteiger partial charge in [-0.05, 0) is 18.7 Å². The van der Waals surface area contributed by atoms with Gasteiger partial charge in [-0.15, -0.1) is 0 Å². The summed E-state index contributed by atoms with van der Waals surface area (Å²) in [6.07, 6.45) is 0. The van der Waals surface area contributed by atoms with E-state index in [2.05, 4.69) is 5.32 Å². The van der Waals surface area contributed by atoms with Crippen LogP contribution in [0, 0.1) is 0 Å². The lowest BCUT2D eigenvalue weighted by molar-refractivity contribution is -0.140. The van der Waals surface area contributed by atoms with Crippen LogP contribution in [-0.4, -0.2) is 30.3 Å². The van der Waals surface area contributed by atoms with Crippen molar-refractivity contribution in [1.29, 1.82) is 0 Å². The molecule has 1 aromatic rings. The number of ether oxygens (including phenoxy) is 1. The van der Waals surface area contributed by atoms with Gasteiger partial charge < -0.3 is 15.2 Å². The van der Waals surface area contributed by atoms with Crippen molar-refractivity contribution in [3.8, 4) is 5.75 Å². The molecule has 0 saturated carbocycles. The first kappa shape index (κ1) is 11.5. The van der Waals surface area contributed by atoms with E-state index in [1.54, 1.807) is 12.1 Å². The highest BCUT2D eigenvalue weighted by Crippen LogP contribution is 2.08. The second-order valence-corrected chi connectivity index (χ2v) is 3.07. The Hall–Kier alpha value is -1.55. The van der Waals surface area contributed by atoms with Crippen LogP contribution in [0.2, 0.25) is 0 Å². The topological polar surface area (TPSA) is 58.6 Å². The Kier molecular flexibility index (Phi) is 4.63. The molecule has 4 nitrogen and oxygen atoms in total. The quantitative estimate of drug-likeness (QED) is 0.737. The average molecular weight is 209 g/mol. The van der Waals surface area contributed by atoms with Crippen LogP contribution in [0.25, 0.3) is 0 Å². The van der Waals surface area contributed by atoms with Gasteiger partial charge in [-0.3, -0.25) is 4.79 Å². The maximum absolute atomic E-state index is 10.8. The van der Waals surface area contributed by atoms with Gasteiger partial charge >= 0.3 is 5.97 Å². The molecular weight excluding hydrogens is 194 g/mol. The highest BCUT2D eigenvalue weighted by Gasteiger charge is 2.16. The fourth-order valence-corrected chi connectivity index (χ4v) is 1.16. The molecule has 0 aliphatic carbocycles. The van der Waals surface area contributed by atoms with Gasteiger partial charge in [-0.25, -0.2) is 0 Å². The molecule has 2 N–H and O–H groups in total. The molecule has 1 atom stereocenters. The van der Waals surface area contributed by atoms with E-state index in [9.17, 15) is 4.79 Å². The minimum atomic E-state index is -0.896. The Morgan fingerprint density at radius 2 is 2.13 bits per heavy atom. The van der Waals surface area contributed by atoms with Crippen molar-refractivity contribution >= 4 is 5.97 Å². The van der Waals surface area contributed by atoms with Crippen LogP contribution in [0.4, 0.5) is 0 Å². The number of nitrogens with one attached hydrogen (secondary N) is 1. The third kappa shape index (κ3) is 3.99. The standard InChI is InChI=1S/C11H15NO3/c1-2-12-10(11(13)14)8-15-9-6-4-3-5-7-9/h3-7,10,12H,2,8H2,1H3,(H,13,14). The van der Waals surface area contributed by atoms with Crippen molar-refractivity contribution in [1.82, 2.24) is 5.32 Å². The van der Waals surface area contributed by atoms with Crippen LogP contribution >= 0.6 is 0 Å². The van der Waals surface area contributed by atoms with E-state index in [1.165, 1.54) is 0 Å². The number of carboxylic acid groups (broad SMARTS) is 1.